The summed E-state index contributed by atoms with van der Waals surface area (Å²) in [4.78, 5) is 6.85. The molecular weight excluding hydrogens is 143 g/mol. The lowest BCUT2D eigenvalue weighted by atomic mass is 9.93. The number of hydrogen-bond acceptors (Lipinski definition) is 1. The monoisotopic (exact) mass is 156 g/mol. The van der Waals surface area contributed by atoms with Crippen molar-refractivity contribution in [3.05, 3.63) is 17.7 Å². The smallest absolute Gasteiger partial charge is 0.147 e. The summed E-state index contributed by atoms with van der Waals surface area (Å²) >= 11 is 0. The first-order chi connectivity index (χ1) is 5.04. The van der Waals surface area contributed by atoms with E-state index in [1.807, 2.05) is 20.8 Å². The molecule has 3 heteroatoms. The molecule has 0 bridgehead atoms. The summed E-state index contributed by atoms with van der Waals surface area (Å²) in [5.74, 6) is 0.412. The fourth-order valence-electron chi connectivity index (χ4n) is 0.814. The summed E-state index contributed by atoms with van der Waals surface area (Å²) in [6.45, 7) is 5.62. The van der Waals surface area contributed by atoms with E-state index in [9.17, 15) is 4.39 Å². The zero-order valence-corrected chi connectivity index (χ0v) is 7.11. The summed E-state index contributed by atoms with van der Waals surface area (Å²) in [6.07, 6.45) is 1.76. The van der Waals surface area contributed by atoms with Crippen LogP contribution >= 0.6 is 0 Å². The highest BCUT2D eigenvalue weighted by Gasteiger charge is 2.16. The van der Waals surface area contributed by atoms with Crippen LogP contribution in [0.25, 0.3) is 0 Å². The molecule has 2 nitrogen and oxygen atoms in total. The van der Waals surface area contributed by atoms with Gasteiger partial charge < -0.3 is 4.98 Å². The number of aromatic nitrogens is 2. The lowest BCUT2D eigenvalue weighted by Gasteiger charge is -2.13. The maximum atomic E-state index is 12.0. The second kappa shape index (κ2) is 2.64. The summed E-state index contributed by atoms with van der Waals surface area (Å²) < 4.78 is 12.0. The minimum Gasteiger partial charge on any atom is -0.346 e. The van der Waals surface area contributed by atoms with Gasteiger partial charge in [0.1, 0.15) is 12.5 Å². The number of nitrogens with one attached hydrogen (secondary N) is 1. The standard InChI is InChI=1S/C8H13FN2/c1-8(2,3)6-5-10-7(4-9)11-6/h5H,4H2,1-3H3,(H,10,11). The van der Waals surface area contributed by atoms with Crippen LogP contribution in [0, 0.1) is 0 Å². The van der Waals surface area contributed by atoms with Crippen LogP contribution in [-0.2, 0) is 12.1 Å². The molecule has 1 aromatic rings. The van der Waals surface area contributed by atoms with Crippen LogP contribution in [-0.4, -0.2) is 9.97 Å². The molecule has 11 heavy (non-hydrogen) atoms. The van der Waals surface area contributed by atoms with E-state index in [4.69, 9.17) is 0 Å². The van der Waals surface area contributed by atoms with Gasteiger partial charge in [-0.05, 0) is 0 Å². The van der Waals surface area contributed by atoms with E-state index in [0.29, 0.717) is 5.82 Å². The summed E-state index contributed by atoms with van der Waals surface area (Å²) in [5, 5.41) is 0. The van der Waals surface area contributed by atoms with Gasteiger partial charge in [0.15, 0.2) is 0 Å². The SMILES string of the molecule is CC(C)(C)c1c[nH]c(CF)n1. The molecule has 0 unspecified atom stereocenters. The highest BCUT2D eigenvalue weighted by atomic mass is 19.1. The molecule has 1 rings (SSSR count). The number of imidazole rings is 1. The zero-order chi connectivity index (χ0) is 8.48. The third kappa shape index (κ3) is 1.79. The lowest BCUT2D eigenvalue weighted by Crippen LogP contribution is -2.11. The van der Waals surface area contributed by atoms with Crippen molar-refractivity contribution in [1.29, 1.82) is 0 Å². The quantitative estimate of drug-likeness (QED) is 0.663. The molecule has 0 spiro atoms. The summed E-state index contributed by atoms with van der Waals surface area (Å²) in [7, 11) is 0. The van der Waals surface area contributed by atoms with Crippen molar-refractivity contribution in [1.82, 2.24) is 9.97 Å². The first kappa shape index (κ1) is 8.24. The van der Waals surface area contributed by atoms with Crippen molar-refractivity contribution in [3.63, 3.8) is 0 Å². The first-order valence-electron chi connectivity index (χ1n) is 3.65. The van der Waals surface area contributed by atoms with Gasteiger partial charge in [-0.3, -0.25) is 0 Å². The number of H-pyrrole nitrogens is 1. The molecule has 0 radical (unpaired) electrons. The molecule has 0 saturated carbocycles. The third-order valence-corrected chi connectivity index (χ3v) is 1.53. The predicted molar refractivity (Wildman–Crippen MR) is 42.1 cm³/mol. The van der Waals surface area contributed by atoms with Crippen molar-refractivity contribution in [2.45, 2.75) is 32.9 Å². The van der Waals surface area contributed by atoms with Crippen LogP contribution in [0.5, 0.6) is 0 Å². The van der Waals surface area contributed by atoms with Crippen molar-refractivity contribution < 1.29 is 4.39 Å². The predicted octanol–water partition coefficient (Wildman–Crippen LogP) is 2.18. The topological polar surface area (TPSA) is 28.7 Å². The Morgan fingerprint density at radius 2 is 2.18 bits per heavy atom. The van der Waals surface area contributed by atoms with Gasteiger partial charge in [-0.1, -0.05) is 20.8 Å². The van der Waals surface area contributed by atoms with Gasteiger partial charge in [-0.15, -0.1) is 0 Å². The maximum absolute atomic E-state index is 12.0. The molecule has 0 atom stereocenters. The van der Waals surface area contributed by atoms with Gasteiger partial charge >= 0.3 is 0 Å². The maximum Gasteiger partial charge on any atom is 0.147 e. The number of rotatable bonds is 1. The molecule has 1 heterocycles. The summed E-state index contributed by atoms with van der Waals surface area (Å²) in [5.41, 5.74) is 0.911. The Bertz CT molecular complexity index is 234. The number of aromatic amines is 1. The minimum atomic E-state index is -0.518. The molecular formula is C8H13FN2. The molecule has 0 amide bonds. The average Bonchev–Trinajstić information content (AvgIpc) is 2.32. The van der Waals surface area contributed by atoms with E-state index in [1.165, 1.54) is 0 Å². The van der Waals surface area contributed by atoms with Gasteiger partial charge in [-0.2, -0.15) is 0 Å². The fraction of sp³-hybridized carbons (Fsp3) is 0.625. The summed E-state index contributed by atoms with van der Waals surface area (Å²) in [6, 6.07) is 0. The molecule has 0 saturated heterocycles. The van der Waals surface area contributed by atoms with Crippen LogP contribution in [0.1, 0.15) is 32.3 Å². The van der Waals surface area contributed by atoms with E-state index in [-0.39, 0.29) is 5.41 Å². The number of alkyl halides is 1. The van der Waals surface area contributed by atoms with Crippen molar-refractivity contribution >= 4 is 0 Å². The Hall–Kier alpha value is -0.860. The van der Waals surface area contributed by atoms with Crippen LogP contribution in [0.2, 0.25) is 0 Å². The Balaban J connectivity index is 2.89. The van der Waals surface area contributed by atoms with E-state index in [2.05, 4.69) is 9.97 Å². The third-order valence-electron chi connectivity index (χ3n) is 1.53. The van der Waals surface area contributed by atoms with Crippen LogP contribution < -0.4 is 0 Å². The van der Waals surface area contributed by atoms with E-state index in [1.54, 1.807) is 6.20 Å². The molecule has 0 aromatic carbocycles. The Morgan fingerprint density at radius 3 is 2.45 bits per heavy atom. The van der Waals surface area contributed by atoms with Gasteiger partial charge in [0.2, 0.25) is 0 Å². The van der Waals surface area contributed by atoms with E-state index in [0.717, 1.165) is 5.69 Å². The average molecular weight is 156 g/mol. The van der Waals surface area contributed by atoms with Crippen LogP contribution in [0.3, 0.4) is 0 Å². The van der Waals surface area contributed by atoms with E-state index < -0.39 is 6.67 Å². The highest BCUT2D eigenvalue weighted by molar-refractivity contribution is 5.10. The van der Waals surface area contributed by atoms with Gasteiger partial charge in [-0.25, -0.2) is 9.37 Å². The second-order valence-electron chi connectivity index (χ2n) is 3.62. The largest absolute Gasteiger partial charge is 0.346 e. The van der Waals surface area contributed by atoms with Gasteiger partial charge in [0, 0.05) is 11.6 Å². The lowest BCUT2D eigenvalue weighted by molar-refractivity contribution is 0.465. The van der Waals surface area contributed by atoms with Crippen LogP contribution in [0.15, 0.2) is 6.20 Å². The molecule has 62 valence electrons. The van der Waals surface area contributed by atoms with E-state index >= 15 is 0 Å². The fourth-order valence-corrected chi connectivity index (χ4v) is 0.814. The highest BCUT2D eigenvalue weighted by Crippen LogP contribution is 2.19. The zero-order valence-electron chi connectivity index (χ0n) is 7.11. The first-order valence-corrected chi connectivity index (χ1v) is 3.65. The van der Waals surface area contributed by atoms with Gasteiger partial charge in [0.25, 0.3) is 0 Å². The minimum absolute atomic E-state index is 0.00389. The molecule has 0 aliphatic heterocycles. The normalized spacial score (nSPS) is 12.0. The molecule has 0 aliphatic carbocycles. The van der Waals surface area contributed by atoms with Crippen LogP contribution in [0.4, 0.5) is 4.39 Å². The van der Waals surface area contributed by atoms with Gasteiger partial charge in [0.05, 0.1) is 5.69 Å². The number of hydrogen-bond donors (Lipinski definition) is 1. The Morgan fingerprint density at radius 1 is 1.55 bits per heavy atom. The van der Waals surface area contributed by atoms with Crippen molar-refractivity contribution in [3.8, 4) is 0 Å². The van der Waals surface area contributed by atoms with Crippen molar-refractivity contribution in [2.75, 3.05) is 0 Å². The Labute approximate surface area is 65.9 Å². The molecule has 1 N–H and O–H groups in total. The van der Waals surface area contributed by atoms with Crippen molar-refractivity contribution in [2.24, 2.45) is 0 Å². The molecule has 1 aromatic heterocycles. The number of nitrogens with zero attached hydrogens (tertiary/aromatic N) is 1. The second-order valence-corrected chi connectivity index (χ2v) is 3.62. The Kier molecular flexibility index (Phi) is 1.98. The molecule has 0 aliphatic rings. The molecule has 0 fully saturated rings. The number of halogens is 1.